The summed E-state index contributed by atoms with van der Waals surface area (Å²) in [5.74, 6) is -0.582. The molecule has 0 bridgehead atoms. The number of carbonyl (C=O) groups is 2. The van der Waals surface area contributed by atoms with Gasteiger partial charge in [0, 0.05) is 24.8 Å². The highest BCUT2D eigenvalue weighted by Gasteiger charge is 2.25. The lowest BCUT2D eigenvalue weighted by Crippen LogP contribution is -2.44. The standard InChI is InChI=1S/C16H19Cl2N5O3S/c1-8-11(17)12(18)13(20-8)15(25)21-9-3-5-23(6-4-9)16-19-7-10(27-16)14(24)22-26-2/h7,9,20H,3-6H2,1-2H3,(H,21,25)(H,22,24). The fourth-order valence-corrected chi connectivity index (χ4v) is 4.13. The average Bonchev–Trinajstić information content (AvgIpc) is 3.24. The van der Waals surface area contributed by atoms with Gasteiger partial charge in [-0.25, -0.2) is 10.5 Å². The normalized spacial score (nSPS) is 15.0. The van der Waals surface area contributed by atoms with Crippen molar-refractivity contribution in [1.82, 2.24) is 20.8 Å². The number of hydrogen-bond acceptors (Lipinski definition) is 6. The molecule has 0 radical (unpaired) electrons. The quantitative estimate of drug-likeness (QED) is 0.631. The van der Waals surface area contributed by atoms with Crippen LogP contribution in [0.15, 0.2) is 6.20 Å². The zero-order valence-electron chi connectivity index (χ0n) is 14.8. The summed E-state index contributed by atoms with van der Waals surface area (Å²) in [4.78, 5) is 38.6. The molecule has 2 aromatic heterocycles. The van der Waals surface area contributed by atoms with E-state index in [-0.39, 0.29) is 28.6 Å². The minimum atomic E-state index is -0.319. The third-order valence-corrected chi connectivity index (χ3v) is 6.30. The van der Waals surface area contributed by atoms with Crippen molar-refractivity contribution < 1.29 is 14.4 Å². The van der Waals surface area contributed by atoms with Crippen molar-refractivity contribution in [2.45, 2.75) is 25.8 Å². The Kier molecular flexibility index (Phi) is 6.25. The number of thiazole rings is 1. The number of rotatable bonds is 5. The maximum Gasteiger partial charge on any atom is 0.286 e. The highest BCUT2D eigenvalue weighted by Crippen LogP contribution is 2.29. The van der Waals surface area contributed by atoms with Gasteiger partial charge in [-0.2, -0.15) is 0 Å². The Hall–Kier alpha value is -1.81. The van der Waals surface area contributed by atoms with Gasteiger partial charge in [0.15, 0.2) is 5.13 Å². The number of halogens is 2. The van der Waals surface area contributed by atoms with Crippen LogP contribution >= 0.6 is 34.5 Å². The highest BCUT2D eigenvalue weighted by molar-refractivity contribution is 7.17. The van der Waals surface area contributed by atoms with Crippen LogP contribution in [0.25, 0.3) is 0 Å². The second-order valence-corrected chi connectivity index (χ2v) is 7.90. The second-order valence-electron chi connectivity index (χ2n) is 6.13. The molecule has 0 saturated carbocycles. The zero-order chi connectivity index (χ0) is 19.6. The van der Waals surface area contributed by atoms with Crippen molar-refractivity contribution >= 4 is 51.5 Å². The molecule has 3 rings (SSSR count). The van der Waals surface area contributed by atoms with Gasteiger partial charge in [-0.15, -0.1) is 0 Å². The molecule has 146 valence electrons. The van der Waals surface area contributed by atoms with E-state index in [2.05, 4.69) is 30.5 Å². The number of nitrogens with one attached hydrogen (secondary N) is 3. The molecule has 8 nitrogen and oxygen atoms in total. The van der Waals surface area contributed by atoms with Crippen molar-refractivity contribution in [2.24, 2.45) is 0 Å². The number of aryl methyl sites for hydroxylation is 1. The van der Waals surface area contributed by atoms with Crippen molar-refractivity contribution in [3.05, 3.63) is 32.5 Å². The van der Waals surface area contributed by atoms with Crippen LogP contribution in [0.5, 0.6) is 0 Å². The molecule has 0 aliphatic carbocycles. The summed E-state index contributed by atoms with van der Waals surface area (Å²) in [5.41, 5.74) is 3.23. The van der Waals surface area contributed by atoms with Crippen LogP contribution in [-0.2, 0) is 4.84 Å². The van der Waals surface area contributed by atoms with Crippen LogP contribution < -0.4 is 15.7 Å². The molecule has 0 atom stereocenters. The van der Waals surface area contributed by atoms with E-state index in [1.54, 1.807) is 6.92 Å². The van der Waals surface area contributed by atoms with Crippen molar-refractivity contribution in [3.63, 3.8) is 0 Å². The molecule has 11 heteroatoms. The van der Waals surface area contributed by atoms with E-state index in [1.807, 2.05) is 0 Å². The summed E-state index contributed by atoms with van der Waals surface area (Å²) < 4.78 is 0. The molecular weight excluding hydrogens is 413 g/mol. The first-order valence-corrected chi connectivity index (χ1v) is 9.86. The largest absolute Gasteiger partial charge is 0.352 e. The van der Waals surface area contributed by atoms with E-state index in [0.717, 1.165) is 31.1 Å². The van der Waals surface area contributed by atoms with Crippen LogP contribution in [-0.4, -0.2) is 48.0 Å². The van der Waals surface area contributed by atoms with Gasteiger partial charge < -0.3 is 15.2 Å². The van der Waals surface area contributed by atoms with Gasteiger partial charge in [0.05, 0.1) is 23.4 Å². The molecule has 27 heavy (non-hydrogen) atoms. The molecule has 2 amide bonds. The Bertz CT molecular complexity index is 845. The van der Waals surface area contributed by atoms with Gasteiger partial charge in [-0.3, -0.25) is 14.4 Å². The molecule has 1 aliphatic rings. The first-order valence-electron chi connectivity index (χ1n) is 8.29. The summed E-state index contributed by atoms with van der Waals surface area (Å²) in [7, 11) is 1.38. The fraction of sp³-hybridized carbons (Fsp3) is 0.438. The van der Waals surface area contributed by atoms with E-state index in [1.165, 1.54) is 24.6 Å². The number of hydrogen-bond donors (Lipinski definition) is 3. The first-order chi connectivity index (χ1) is 12.9. The van der Waals surface area contributed by atoms with Gasteiger partial charge in [-0.1, -0.05) is 34.5 Å². The highest BCUT2D eigenvalue weighted by atomic mass is 35.5. The van der Waals surface area contributed by atoms with Crippen LogP contribution in [0.3, 0.4) is 0 Å². The lowest BCUT2D eigenvalue weighted by atomic mass is 10.1. The number of aromatic nitrogens is 2. The third kappa shape index (κ3) is 4.37. The van der Waals surface area contributed by atoms with Crippen molar-refractivity contribution in [2.75, 3.05) is 25.1 Å². The second kappa shape index (κ2) is 8.47. The van der Waals surface area contributed by atoms with E-state index >= 15 is 0 Å². The number of aromatic amines is 1. The zero-order valence-corrected chi connectivity index (χ0v) is 17.1. The average molecular weight is 432 g/mol. The Morgan fingerprint density at radius 1 is 1.30 bits per heavy atom. The minimum absolute atomic E-state index is 0.0309. The lowest BCUT2D eigenvalue weighted by Gasteiger charge is -2.32. The number of carbonyl (C=O) groups excluding carboxylic acids is 2. The van der Waals surface area contributed by atoms with E-state index < -0.39 is 0 Å². The lowest BCUT2D eigenvalue weighted by molar-refractivity contribution is 0.0541. The smallest absolute Gasteiger partial charge is 0.286 e. The minimum Gasteiger partial charge on any atom is -0.352 e. The van der Waals surface area contributed by atoms with E-state index in [9.17, 15) is 9.59 Å². The summed E-state index contributed by atoms with van der Waals surface area (Å²) in [5, 5.41) is 4.38. The molecule has 1 fully saturated rings. The van der Waals surface area contributed by atoms with Gasteiger partial charge in [0.25, 0.3) is 11.8 Å². The molecule has 0 spiro atoms. The van der Waals surface area contributed by atoms with Crippen LogP contribution in [0.2, 0.25) is 10.0 Å². The monoisotopic (exact) mass is 431 g/mol. The first kappa shape index (κ1) is 19.9. The number of nitrogens with zero attached hydrogens (tertiary/aromatic N) is 2. The molecule has 2 aromatic rings. The summed E-state index contributed by atoms with van der Waals surface area (Å²) in [6.07, 6.45) is 3.05. The number of hydroxylamine groups is 1. The number of H-pyrrole nitrogens is 1. The van der Waals surface area contributed by atoms with Crippen LogP contribution in [0, 0.1) is 6.92 Å². The maximum atomic E-state index is 12.4. The van der Waals surface area contributed by atoms with Gasteiger partial charge in [0.2, 0.25) is 0 Å². The Morgan fingerprint density at radius 3 is 2.59 bits per heavy atom. The molecule has 0 aromatic carbocycles. The molecular formula is C16H19Cl2N5O3S. The molecule has 3 N–H and O–H groups in total. The summed E-state index contributed by atoms with van der Waals surface area (Å²) in [6, 6.07) is 0.0309. The maximum absolute atomic E-state index is 12.4. The fourth-order valence-electron chi connectivity index (χ4n) is 2.86. The SMILES string of the molecule is CONC(=O)c1cnc(N2CCC(NC(=O)c3[nH]c(C)c(Cl)c3Cl)CC2)s1. The number of anilines is 1. The van der Waals surface area contributed by atoms with Gasteiger partial charge in [-0.05, 0) is 19.8 Å². The molecule has 3 heterocycles. The predicted octanol–water partition coefficient (Wildman–Crippen LogP) is 2.78. The Labute approximate surface area is 170 Å². The molecule has 1 aliphatic heterocycles. The number of amides is 2. The van der Waals surface area contributed by atoms with Crippen molar-refractivity contribution in [3.8, 4) is 0 Å². The van der Waals surface area contributed by atoms with E-state index in [4.69, 9.17) is 23.2 Å². The van der Waals surface area contributed by atoms with E-state index in [0.29, 0.717) is 15.6 Å². The van der Waals surface area contributed by atoms with Crippen LogP contribution in [0.1, 0.15) is 38.7 Å². The summed E-state index contributed by atoms with van der Waals surface area (Å²) >= 11 is 13.4. The predicted molar refractivity (Wildman–Crippen MR) is 105 cm³/mol. The molecule has 0 unspecified atom stereocenters. The summed E-state index contributed by atoms with van der Waals surface area (Å²) in [6.45, 7) is 3.21. The van der Waals surface area contributed by atoms with Gasteiger partial charge >= 0.3 is 0 Å². The van der Waals surface area contributed by atoms with Crippen molar-refractivity contribution in [1.29, 1.82) is 0 Å². The Morgan fingerprint density at radius 2 is 2.00 bits per heavy atom. The van der Waals surface area contributed by atoms with Crippen LogP contribution in [0.4, 0.5) is 5.13 Å². The topological polar surface area (TPSA) is 99.3 Å². The Balaban J connectivity index is 1.55. The van der Waals surface area contributed by atoms with Gasteiger partial charge in [0.1, 0.15) is 10.6 Å². The molecule has 1 saturated heterocycles. The number of piperidine rings is 1. The third-order valence-electron chi connectivity index (χ3n) is 4.29.